The number of hydrogen-bond acceptors (Lipinski definition) is 4. The Kier molecular flexibility index (Phi) is 6.30. The molecule has 0 aliphatic rings. The van der Waals surface area contributed by atoms with Crippen LogP contribution in [0.25, 0.3) is 10.9 Å². The number of para-hydroxylation sites is 2. The van der Waals surface area contributed by atoms with Gasteiger partial charge in [-0.15, -0.1) is 0 Å². The third-order valence-electron chi connectivity index (χ3n) is 4.60. The standard InChI is InChI=1S/C25H22N2O2S/c1-2-23(30-24-17-12-18-8-6-7-11-22(18)27-24)25(28)26-19-13-15-21(16-14-19)29-20-9-4-3-5-10-20/h3-17,23H,2H2,1H3,(H,26,28). The number of amides is 1. The van der Waals surface area contributed by atoms with Crippen LogP contribution in [0, 0.1) is 0 Å². The van der Waals surface area contributed by atoms with E-state index in [0.717, 1.165) is 33.1 Å². The molecule has 4 nitrogen and oxygen atoms in total. The quantitative estimate of drug-likeness (QED) is 0.349. The van der Waals surface area contributed by atoms with Gasteiger partial charge >= 0.3 is 0 Å². The summed E-state index contributed by atoms with van der Waals surface area (Å²) < 4.78 is 5.80. The predicted octanol–water partition coefficient (Wildman–Crippen LogP) is 6.54. The van der Waals surface area contributed by atoms with Crippen molar-refractivity contribution in [3.8, 4) is 11.5 Å². The number of fused-ring (bicyclic) bond motifs is 1. The van der Waals surface area contributed by atoms with Gasteiger partial charge in [0.15, 0.2) is 0 Å². The number of anilines is 1. The fraction of sp³-hybridized carbons (Fsp3) is 0.120. The highest BCUT2D eigenvalue weighted by molar-refractivity contribution is 8.00. The molecular formula is C25H22N2O2S. The zero-order chi connectivity index (χ0) is 20.8. The minimum atomic E-state index is -0.223. The van der Waals surface area contributed by atoms with Gasteiger partial charge in [0.25, 0.3) is 0 Å². The van der Waals surface area contributed by atoms with Crippen LogP contribution >= 0.6 is 11.8 Å². The van der Waals surface area contributed by atoms with Crippen LogP contribution in [0.15, 0.2) is 96.0 Å². The molecule has 0 saturated carbocycles. The normalized spacial score (nSPS) is 11.8. The topological polar surface area (TPSA) is 51.2 Å². The molecular weight excluding hydrogens is 392 g/mol. The summed E-state index contributed by atoms with van der Waals surface area (Å²) in [7, 11) is 0. The molecule has 0 radical (unpaired) electrons. The fourth-order valence-corrected chi connectivity index (χ4v) is 3.96. The van der Waals surface area contributed by atoms with Crippen molar-refractivity contribution in [2.75, 3.05) is 5.32 Å². The molecule has 1 amide bonds. The average Bonchev–Trinajstić information content (AvgIpc) is 2.79. The van der Waals surface area contributed by atoms with Crippen molar-refractivity contribution in [3.63, 3.8) is 0 Å². The van der Waals surface area contributed by atoms with E-state index in [-0.39, 0.29) is 11.2 Å². The van der Waals surface area contributed by atoms with Crippen molar-refractivity contribution >= 4 is 34.3 Å². The first-order valence-corrected chi connectivity index (χ1v) is 10.8. The Labute approximate surface area is 180 Å². The van der Waals surface area contributed by atoms with E-state index >= 15 is 0 Å². The molecule has 1 N–H and O–H groups in total. The Bertz CT molecular complexity index is 1130. The van der Waals surface area contributed by atoms with Gasteiger partial charge in [0.05, 0.1) is 15.8 Å². The summed E-state index contributed by atoms with van der Waals surface area (Å²) in [6.45, 7) is 2.01. The molecule has 1 unspecified atom stereocenters. The Morgan fingerprint density at radius 3 is 2.37 bits per heavy atom. The first-order chi connectivity index (χ1) is 14.7. The Hall–Kier alpha value is -3.31. The SMILES string of the molecule is CCC(Sc1ccc2ccccc2n1)C(=O)Nc1ccc(Oc2ccccc2)cc1. The van der Waals surface area contributed by atoms with Crippen molar-refractivity contribution in [2.45, 2.75) is 23.6 Å². The van der Waals surface area contributed by atoms with Crippen molar-refractivity contribution in [2.24, 2.45) is 0 Å². The zero-order valence-corrected chi connectivity index (χ0v) is 17.4. The lowest BCUT2D eigenvalue weighted by Crippen LogP contribution is -2.24. The molecule has 1 aromatic heterocycles. The molecule has 3 aromatic carbocycles. The Morgan fingerprint density at radius 1 is 0.900 bits per heavy atom. The zero-order valence-electron chi connectivity index (χ0n) is 16.6. The van der Waals surface area contributed by atoms with Gasteiger partial charge in [-0.1, -0.05) is 61.2 Å². The molecule has 1 heterocycles. The van der Waals surface area contributed by atoms with Gasteiger partial charge in [0.2, 0.25) is 5.91 Å². The molecule has 150 valence electrons. The molecule has 0 spiro atoms. The summed E-state index contributed by atoms with van der Waals surface area (Å²) in [4.78, 5) is 17.5. The highest BCUT2D eigenvalue weighted by Crippen LogP contribution is 2.28. The van der Waals surface area contributed by atoms with Crippen molar-refractivity contribution < 1.29 is 9.53 Å². The molecule has 4 aromatic rings. The number of hydrogen-bond donors (Lipinski definition) is 1. The van der Waals surface area contributed by atoms with Gasteiger partial charge in [-0.25, -0.2) is 4.98 Å². The maximum atomic E-state index is 12.8. The van der Waals surface area contributed by atoms with E-state index in [2.05, 4.69) is 10.3 Å². The van der Waals surface area contributed by atoms with E-state index in [9.17, 15) is 4.79 Å². The highest BCUT2D eigenvalue weighted by Gasteiger charge is 2.19. The molecule has 0 saturated heterocycles. The minimum Gasteiger partial charge on any atom is -0.457 e. The fourth-order valence-electron chi connectivity index (χ4n) is 3.03. The summed E-state index contributed by atoms with van der Waals surface area (Å²) in [5.41, 5.74) is 1.68. The van der Waals surface area contributed by atoms with Gasteiger partial charge in [-0.05, 0) is 55.0 Å². The Morgan fingerprint density at radius 2 is 1.60 bits per heavy atom. The van der Waals surface area contributed by atoms with E-state index in [4.69, 9.17) is 4.74 Å². The summed E-state index contributed by atoms with van der Waals surface area (Å²) in [5, 5.41) is 4.72. The second kappa shape index (κ2) is 9.46. The van der Waals surface area contributed by atoms with Crippen LogP contribution in [-0.4, -0.2) is 16.1 Å². The second-order valence-corrected chi connectivity index (χ2v) is 8.01. The summed E-state index contributed by atoms with van der Waals surface area (Å²) >= 11 is 1.49. The van der Waals surface area contributed by atoms with Crippen LogP contribution in [0.1, 0.15) is 13.3 Å². The lowest BCUT2D eigenvalue weighted by atomic mass is 10.2. The second-order valence-electron chi connectivity index (χ2n) is 6.79. The van der Waals surface area contributed by atoms with E-state index in [0.29, 0.717) is 6.42 Å². The third kappa shape index (κ3) is 4.99. The Balaban J connectivity index is 1.39. The average molecular weight is 415 g/mol. The number of pyridine rings is 1. The number of carbonyl (C=O) groups is 1. The maximum Gasteiger partial charge on any atom is 0.237 e. The molecule has 0 aliphatic carbocycles. The molecule has 0 fully saturated rings. The number of thioether (sulfide) groups is 1. The minimum absolute atomic E-state index is 0.0332. The number of ether oxygens (including phenoxy) is 1. The van der Waals surface area contributed by atoms with Crippen molar-refractivity contribution in [1.29, 1.82) is 0 Å². The molecule has 0 bridgehead atoms. The van der Waals surface area contributed by atoms with E-state index < -0.39 is 0 Å². The van der Waals surface area contributed by atoms with Crippen LogP contribution < -0.4 is 10.1 Å². The number of carbonyl (C=O) groups excluding carboxylic acids is 1. The summed E-state index contributed by atoms with van der Waals surface area (Å²) in [6.07, 6.45) is 0.709. The summed E-state index contributed by atoms with van der Waals surface area (Å²) in [5.74, 6) is 1.47. The lowest BCUT2D eigenvalue weighted by molar-refractivity contribution is -0.115. The van der Waals surface area contributed by atoms with Gasteiger partial charge in [0, 0.05) is 11.1 Å². The third-order valence-corrected chi connectivity index (χ3v) is 5.90. The first kappa shape index (κ1) is 20.0. The molecule has 1 atom stereocenters. The molecule has 30 heavy (non-hydrogen) atoms. The number of aromatic nitrogens is 1. The van der Waals surface area contributed by atoms with Crippen molar-refractivity contribution in [1.82, 2.24) is 4.98 Å². The number of nitrogens with one attached hydrogen (secondary N) is 1. The smallest absolute Gasteiger partial charge is 0.237 e. The van der Waals surface area contributed by atoms with Crippen LogP contribution in [0.4, 0.5) is 5.69 Å². The van der Waals surface area contributed by atoms with Crippen molar-refractivity contribution in [3.05, 3.63) is 91.0 Å². The predicted molar refractivity (Wildman–Crippen MR) is 123 cm³/mol. The van der Waals surface area contributed by atoms with Gasteiger partial charge in [-0.2, -0.15) is 0 Å². The largest absolute Gasteiger partial charge is 0.457 e. The van der Waals surface area contributed by atoms with Gasteiger partial charge in [-0.3, -0.25) is 4.79 Å². The van der Waals surface area contributed by atoms with E-state index in [1.807, 2.05) is 97.9 Å². The van der Waals surface area contributed by atoms with Crippen LogP contribution in [0.2, 0.25) is 0 Å². The van der Waals surface area contributed by atoms with Gasteiger partial charge in [0.1, 0.15) is 11.5 Å². The van der Waals surface area contributed by atoms with Gasteiger partial charge < -0.3 is 10.1 Å². The van der Waals surface area contributed by atoms with E-state index in [1.54, 1.807) is 0 Å². The summed E-state index contributed by atoms with van der Waals surface area (Å²) in [6, 6.07) is 29.0. The molecule has 5 heteroatoms. The molecule has 0 aliphatic heterocycles. The van der Waals surface area contributed by atoms with Crippen LogP contribution in [0.5, 0.6) is 11.5 Å². The first-order valence-electron chi connectivity index (χ1n) is 9.87. The van der Waals surface area contributed by atoms with Crippen LogP contribution in [-0.2, 0) is 4.79 Å². The number of benzene rings is 3. The lowest BCUT2D eigenvalue weighted by Gasteiger charge is -2.15. The monoisotopic (exact) mass is 414 g/mol. The number of rotatable bonds is 7. The van der Waals surface area contributed by atoms with Crippen LogP contribution in [0.3, 0.4) is 0 Å². The van der Waals surface area contributed by atoms with E-state index in [1.165, 1.54) is 11.8 Å². The number of nitrogens with zero attached hydrogens (tertiary/aromatic N) is 1. The highest BCUT2D eigenvalue weighted by atomic mass is 32.2. The molecule has 4 rings (SSSR count). The maximum absolute atomic E-state index is 12.8.